The summed E-state index contributed by atoms with van der Waals surface area (Å²) in [7, 11) is 0. The second-order valence-electron chi connectivity index (χ2n) is 4.65. The molecule has 0 aliphatic heterocycles. The molecule has 0 saturated carbocycles. The standard InChI is InChI=1S/C9H11Cl.C8H13N/c1-6-4-8(3)9(10)5-7(6)2;1-4-5-6-7(2)8(3)9/h4-5H,1-3H3;4-6H,1,9H2,2-3H3/b;6-5-,8-7-. The molecule has 0 spiro atoms. The Kier molecular flexibility index (Phi) is 7.94. The van der Waals surface area contributed by atoms with Crippen molar-refractivity contribution >= 4 is 11.6 Å². The lowest BCUT2D eigenvalue weighted by molar-refractivity contribution is 1.24. The molecule has 0 bridgehead atoms. The van der Waals surface area contributed by atoms with Crippen molar-refractivity contribution in [2.24, 2.45) is 5.73 Å². The third kappa shape index (κ3) is 6.88. The summed E-state index contributed by atoms with van der Waals surface area (Å²) in [5, 5.41) is 0.864. The van der Waals surface area contributed by atoms with Crippen molar-refractivity contribution in [3.8, 4) is 0 Å². The van der Waals surface area contributed by atoms with Gasteiger partial charge in [0.2, 0.25) is 0 Å². The predicted octanol–water partition coefficient (Wildman–Crippen LogP) is 5.25. The van der Waals surface area contributed by atoms with Crippen molar-refractivity contribution in [1.82, 2.24) is 0 Å². The maximum Gasteiger partial charge on any atom is 0.0438 e. The average Bonchev–Trinajstić information content (AvgIpc) is 2.34. The molecule has 0 fully saturated rings. The minimum Gasteiger partial charge on any atom is -0.402 e. The van der Waals surface area contributed by atoms with Crippen LogP contribution >= 0.6 is 11.6 Å². The van der Waals surface area contributed by atoms with Crippen molar-refractivity contribution in [3.63, 3.8) is 0 Å². The second kappa shape index (κ2) is 8.60. The molecule has 1 nitrogen and oxygen atoms in total. The van der Waals surface area contributed by atoms with E-state index in [2.05, 4.69) is 26.5 Å². The minimum atomic E-state index is 0.855. The summed E-state index contributed by atoms with van der Waals surface area (Å²) in [5.74, 6) is 0. The third-order valence-electron chi connectivity index (χ3n) is 2.88. The van der Waals surface area contributed by atoms with Gasteiger partial charge in [-0.1, -0.05) is 42.5 Å². The van der Waals surface area contributed by atoms with Gasteiger partial charge in [0, 0.05) is 10.7 Å². The van der Waals surface area contributed by atoms with Gasteiger partial charge in [-0.15, -0.1) is 0 Å². The van der Waals surface area contributed by atoms with E-state index in [0.29, 0.717) is 0 Å². The number of aryl methyl sites for hydroxylation is 3. The normalized spacial score (nSPS) is 11.7. The lowest BCUT2D eigenvalue weighted by atomic mass is 10.1. The van der Waals surface area contributed by atoms with Gasteiger partial charge in [0.15, 0.2) is 0 Å². The van der Waals surface area contributed by atoms with Crippen molar-refractivity contribution < 1.29 is 0 Å². The highest BCUT2D eigenvalue weighted by molar-refractivity contribution is 6.31. The maximum absolute atomic E-state index is 5.89. The SMILES string of the molecule is C=C/C=C\C(C)=C(\C)N.Cc1cc(C)c(Cl)cc1C. The summed E-state index contributed by atoms with van der Waals surface area (Å²) in [5.41, 5.74) is 11.1. The molecular formula is C17H24ClN. The quantitative estimate of drug-likeness (QED) is 0.735. The molecule has 0 unspecified atom stereocenters. The lowest BCUT2D eigenvalue weighted by Gasteiger charge is -2.02. The Balaban J connectivity index is 0.000000344. The van der Waals surface area contributed by atoms with Crippen LogP contribution in [0, 0.1) is 20.8 Å². The van der Waals surface area contributed by atoms with Crippen molar-refractivity contribution in [2.45, 2.75) is 34.6 Å². The molecular weight excluding hydrogens is 254 g/mol. The molecule has 1 aromatic carbocycles. The Bertz CT molecular complexity index is 442. The van der Waals surface area contributed by atoms with Gasteiger partial charge >= 0.3 is 0 Å². The van der Waals surface area contributed by atoms with Crippen LogP contribution in [0.3, 0.4) is 0 Å². The zero-order valence-corrected chi connectivity index (χ0v) is 13.3. The van der Waals surface area contributed by atoms with Crippen LogP contribution < -0.4 is 5.73 Å². The summed E-state index contributed by atoms with van der Waals surface area (Å²) < 4.78 is 0. The van der Waals surface area contributed by atoms with Gasteiger partial charge in [-0.25, -0.2) is 0 Å². The van der Waals surface area contributed by atoms with Gasteiger partial charge < -0.3 is 5.73 Å². The first kappa shape index (κ1) is 17.5. The maximum atomic E-state index is 5.89. The fourth-order valence-corrected chi connectivity index (χ4v) is 1.49. The second-order valence-corrected chi connectivity index (χ2v) is 5.05. The average molecular weight is 278 g/mol. The molecule has 104 valence electrons. The monoisotopic (exact) mass is 277 g/mol. The fraction of sp³-hybridized carbons (Fsp3) is 0.294. The van der Waals surface area contributed by atoms with Crippen LogP contribution in [0.2, 0.25) is 5.02 Å². The molecule has 0 atom stereocenters. The Hall–Kier alpha value is -1.47. The molecule has 0 saturated heterocycles. The Labute approximate surface area is 122 Å². The van der Waals surface area contributed by atoms with Crippen molar-refractivity contribution in [1.29, 1.82) is 0 Å². The summed E-state index contributed by atoms with van der Waals surface area (Å²) in [6, 6.07) is 4.11. The smallest absolute Gasteiger partial charge is 0.0438 e. The topological polar surface area (TPSA) is 26.0 Å². The fourth-order valence-electron chi connectivity index (χ4n) is 1.27. The minimum absolute atomic E-state index is 0.855. The number of hydrogen-bond acceptors (Lipinski definition) is 1. The van der Waals surface area contributed by atoms with Gasteiger partial charge in [0.25, 0.3) is 0 Å². The number of halogens is 1. The highest BCUT2D eigenvalue weighted by Crippen LogP contribution is 2.19. The van der Waals surface area contributed by atoms with Crippen LogP contribution in [-0.4, -0.2) is 0 Å². The zero-order valence-electron chi connectivity index (χ0n) is 12.5. The molecule has 0 aliphatic rings. The van der Waals surface area contributed by atoms with E-state index in [1.807, 2.05) is 39.0 Å². The molecule has 1 aromatic rings. The van der Waals surface area contributed by atoms with E-state index in [-0.39, 0.29) is 0 Å². The molecule has 0 aliphatic carbocycles. The van der Waals surface area contributed by atoms with E-state index < -0.39 is 0 Å². The van der Waals surface area contributed by atoms with E-state index in [1.54, 1.807) is 6.08 Å². The molecule has 2 heteroatoms. The van der Waals surface area contributed by atoms with Gasteiger partial charge in [0.1, 0.15) is 0 Å². The van der Waals surface area contributed by atoms with Crippen LogP contribution in [0.15, 0.2) is 48.2 Å². The molecule has 0 amide bonds. The van der Waals surface area contributed by atoms with Gasteiger partial charge in [-0.3, -0.25) is 0 Å². The number of nitrogens with two attached hydrogens (primary N) is 1. The number of allylic oxidation sites excluding steroid dienone is 5. The van der Waals surface area contributed by atoms with E-state index in [9.17, 15) is 0 Å². The number of benzene rings is 1. The van der Waals surface area contributed by atoms with Gasteiger partial charge in [-0.2, -0.15) is 0 Å². The first-order chi connectivity index (χ1) is 8.79. The Morgan fingerprint density at radius 3 is 2.05 bits per heavy atom. The van der Waals surface area contributed by atoms with E-state index >= 15 is 0 Å². The molecule has 19 heavy (non-hydrogen) atoms. The van der Waals surface area contributed by atoms with Gasteiger partial charge in [-0.05, 0) is 62.9 Å². The van der Waals surface area contributed by atoms with E-state index in [4.69, 9.17) is 17.3 Å². The summed E-state index contributed by atoms with van der Waals surface area (Å²) in [6.45, 7) is 13.6. The number of hydrogen-bond donors (Lipinski definition) is 1. The number of rotatable bonds is 2. The van der Waals surface area contributed by atoms with Crippen LogP contribution in [0.1, 0.15) is 30.5 Å². The zero-order chi connectivity index (χ0) is 15.0. The molecule has 0 heterocycles. The third-order valence-corrected chi connectivity index (χ3v) is 3.29. The first-order valence-corrected chi connectivity index (χ1v) is 6.62. The predicted molar refractivity (Wildman–Crippen MR) is 87.6 cm³/mol. The van der Waals surface area contributed by atoms with Crippen LogP contribution in [0.4, 0.5) is 0 Å². The van der Waals surface area contributed by atoms with Crippen LogP contribution in [0.25, 0.3) is 0 Å². The van der Waals surface area contributed by atoms with Crippen molar-refractivity contribution in [3.05, 3.63) is 69.9 Å². The highest BCUT2D eigenvalue weighted by Gasteiger charge is 1.97. The largest absolute Gasteiger partial charge is 0.402 e. The Morgan fingerprint density at radius 1 is 1.11 bits per heavy atom. The summed E-state index contributed by atoms with van der Waals surface area (Å²) >= 11 is 5.89. The summed E-state index contributed by atoms with van der Waals surface area (Å²) in [6.07, 6.45) is 5.53. The van der Waals surface area contributed by atoms with Crippen LogP contribution in [-0.2, 0) is 0 Å². The highest BCUT2D eigenvalue weighted by atomic mass is 35.5. The molecule has 1 rings (SSSR count). The first-order valence-electron chi connectivity index (χ1n) is 6.25. The van der Waals surface area contributed by atoms with Gasteiger partial charge in [0.05, 0.1) is 0 Å². The molecule has 0 radical (unpaired) electrons. The lowest BCUT2D eigenvalue weighted by Crippen LogP contribution is -1.92. The summed E-state index contributed by atoms with van der Waals surface area (Å²) in [4.78, 5) is 0. The Morgan fingerprint density at radius 2 is 1.63 bits per heavy atom. The van der Waals surface area contributed by atoms with E-state index in [0.717, 1.165) is 21.9 Å². The molecule has 2 N–H and O–H groups in total. The van der Waals surface area contributed by atoms with E-state index in [1.165, 1.54) is 11.1 Å². The van der Waals surface area contributed by atoms with Crippen LogP contribution in [0.5, 0.6) is 0 Å². The molecule has 0 aromatic heterocycles. The van der Waals surface area contributed by atoms with Crippen molar-refractivity contribution in [2.75, 3.05) is 0 Å².